The smallest absolute Gasteiger partial charge is 0.345 e. The molecule has 0 saturated heterocycles. The van der Waals surface area contributed by atoms with Gasteiger partial charge in [0.25, 0.3) is 0 Å². The molecular weight excluding hydrogens is 526 g/mol. The van der Waals surface area contributed by atoms with Crippen LogP contribution in [-0.2, 0) is 27.8 Å². The molecule has 2 unspecified atom stereocenters. The Balaban J connectivity index is 6.86. The van der Waals surface area contributed by atoms with E-state index in [0.29, 0.717) is 0 Å². The normalized spacial score (nSPS) is 16.6. The summed E-state index contributed by atoms with van der Waals surface area (Å²) in [5.41, 5.74) is 5.15. The number of carboxylic acid groups (broad SMARTS) is 1. The fraction of sp³-hybridized carbons (Fsp3) is 0.909. The molecule has 17 nitrogen and oxygen atoms in total. The monoisotopic (exact) mass is 553 g/mol. The van der Waals surface area contributed by atoms with Gasteiger partial charge in [0.1, 0.15) is 6.79 Å². The Hall–Kier alpha value is -0.0500. The average molecular weight is 553 g/mol. The van der Waals surface area contributed by atoms with Gasteiger partial charge >= 0.3 is 36.4 Å². The Kier molecular flexibility index (Phi) is 10.7. The molecule has 0 bridgehead atoms. The first-order valence-corrected chi connectivity index (χ1v) is 14.9. The van der Waals surface area contributed by atoms with Crippen LogP contribution in [-0.4, -0.2) is 84.6 Å². The quantitative estimate of drug-likeness (QED) is 0.0841. The van der Waals surface area contributed by atoms with Crippen molar-refractivity contribution in [3.8, 4) is 0 Å². The summed E-state index contributed by atoms with van der Waals surface area (Å²) in [6.45, 7) is -1.50. The number of aliphatic hydroxyl groups excluding tert-OH is 1. The van der Waals surface area contributed by atoms with E-state index in [2.05, 4.69) is 4.74 Å². The summed E-state index contributed by atoms with van der Waals surface area (Å²) in [5, 5.41) is 18.3. The van der Waals surface area contributed by atoms with Crippen LogP contribution in [0.1, 0.15) is 26.2 Å². The Morgan fingerprint density at radius 1 is 0.812 bits per heavy atom. The fourth-order valence-electron chi connectivity index (χ4n) is 3.14. The van der Waals surface area contributed by atoms with Crippen molar-refractivity contribution in [2.24, 2.45) is 11.7 Å². The van der Waals surface area contributed by atoms with E-state index >= 15 is 0 Å². The van der Waals surface area contributed by atoms with Gasteiger partial charge in [0.2, 0.25) is 0 Å². The van der Waals surface area contributed by atoms with Crippen molar-refractivity contribution in [2.45, 2.75) is 42.1 Å². The predicted octanol–water partition coefficient (Wildman–Crippen LogP) is -1.73. The summed E-state index contributed by atoms with van der Waals surface area (Å²) in [4.78, 5) is 81.9. The second-order valence-electron chi connectivity index (χ2n) is 7.10. The molecule has 0 aliphatic rings. The standard InChI is InChI=1S/C11H27NO16P4/c1-7(28-6-13)2-10(29(16,17)18,30(19,20)21)3-8(9(14)15)4-11(5-12,31(22,23)24)32(25,26)27/h7-8,13H,2-6,12H2,1H3,(H,14,15)(H2,16,17,18)(H2,19,20,21)(H2,22,23,24)(H2,25,26,27). The minimum Gasteiger partial charge on any atom is -0.481 e. The largest absolute Gasteiger partial charge is 0.481 e. The van der Waals surface area contributed by atoms with Crippen LogP contribution < -0.4 is 5.73 Å². The van der Waals surface area contributed by atoms with Crippen molar-refractivity contribution in [3.63, 3.8) is 0 Å². The van der Waals surface area contributed by atoms with Crippen LogP contribution in [0.4, 0.5) is 0 Å². The van der Waals surface area contributed by atoms with Gasteiger partial charge in [-0.3, -0.25) is 23.1 Å². The van der Waals surface area contributed by atoms with E-state index in [-0.39, 0.29) is 0 Å². The molecule has 0 aromatic carbocycles. The molecule has 0 spiro atoms. The lowest BCUT2D eigenvalue weighted by Crippen LogP contribution is -2.44. The number of rotatable bonds is 14. The Morgan fingerprint density at radius 2 is 1.16 bits per heavy atom. The Bertz CT molecular complexity index is 808. The molecule has 0 heterocycles. The van der Waals surface area contributed by atoms with E-state index in [4.69, 9.17) is 10.8 Å². The minimum atomic E-state index is -5.96. The van der Waals surface area contributed by atoms with Crippen LogP contribution in [0.2, 0.25) is 0 Å². The van der Waals surface area contributed by atoms with Gasteiger partial charge in [-0.05, 0) is 19.8 Å². The lowest BCUT2D eigenvalue weighted by atomic mass is 9.94. The highest BCUT2D eigenvalue weighted by atomic mass is 31.2. The third-order valence-corrected chi connectivity index (χ3v) is 13.9. The first-order chi connectivity index (χ1) is 14.0. The summed E-state index contributed by atoms with van der Waals surface area (Å²) >= 11 is 0. The van der Waals surface area contributed by atoms with Crippen LogP contribution >= 0.6 is 30.4 Å². The maximum absolute atomic E-state index is 12.2. The van der Waals surface area contributed by atoms with Crippen molar-refractivity contribution >= 4 is 36.4 Å². The maximum atomic E-state index is 12.2. The molecule has 0 amide bonds. The first-order valence-electron chi connectivity index (χ1n) is 8.41. The highest BCUT2D eigenvalue weighted by molar-refractivity contribution is 7.73. The zero-order chi connectivity index (χ0) is 26.0. The summed E-state index contributed by atoms with van der Waals surface area (Å²) in [6, 6.07) is 0. The number of ether oxygens (including phenoxy) is 1. The number of nitrogens with two attached hydrogens (primary N) is 1. The van der Waals surface area contributed by atoms with Gasteiger partial charge in [-0.1, -0.05) is 0 Å². The number of carbonyl (C=O) groups is 1. The van der Waals surface area contributed by atoms with E-state index in [9.17, 15) is 67.3 Å². The molecule has 12 N–H and O–H groups in total. The number of aliphatic hydroxyl groups is 1. The van der Waals surface area contributed by atoms with Crippen LogP contribution in [0, 0.1) is 5.92 Å². The molecule has 0 aromatic heterocycles. The summed E-state index contributed by atoms with van der Waals surface area (Å²) in [7, 11) is -23.7. The van der Waals surface area contributed by atoms with Gasteiger partial charge in [-0.25, -0.2) is 0 Å². The van der Waals surface area contributed by atoms with Crippen LogP contribution in [0.25, 0.3) is 0 Å². The average Bonchev–Trinajstić information content (AvgIpc) is 2.52. The van der Waals surface area contributed by atoms with E-state index in [1.807, 2.05) is 0 Å². The molecular formula is C11H27NO16P4. The van der Waals surface area contributed by atoms with E-state index in [1.54, 1.807) is 0 Å². The molecule has 21 heteroatoms. The molecule has 0 aromatic rings. The molecule has 192 valence electrons. The number of hydrogen-bond donors (Lipinski definition) is 11. The summed E-state index contributed by atoms with van der Waals surface area (Å²) in [6.07, 6.45) is -6.09. The number of carboxylic acids is 1. The summed E-state index contributed by atoms with van der Waals surface area (Å²) < 4.78 is 52.8. The molecule has 0 radical (unpaired) electrons. The van der Waals surface area contributed by atoms with Crippen molar-refractivity contribution < 1.29 is 77.2 Å². The molecule has 0 aliphatic carbocycles. The molecule has 2 atom stereocenters. The summed E-state index contributed by atoms with van der Waals surface area (Å²) in [5.74, 6) is -4.65. The highest BCUT2D eigenvalue weighted by Crippen LogP contribution is 2.75. The van der Waals surface area contributed by atoms with Gasteiger partial charge in [-0.15, -0.1) is 0 Å². The van der Waals surface area contributed by atoms with Crippen LogP contribution in [0.5, 0.6) is 0 Å². The Morgan fingerprint density at radius 3 is 1.41 bits per heavy atom. The van der Waals surface area contributed by atoms with Gasteiger partial charge < -0.3 is 59.8 Å². The molecule has 0 aliphatic heterocycles. The third kappa shape index (κ3) is 6.76. The van der Waals surface area contributed by atoms with Crippen LogP contribution in [0.15, 0.2) is 0 Å². The van der Waals surface area contributed by atoms with Gasteiger partial charge in [-0.2, -0.15) is 0 Å². The maximum Gasteiger partial charge on any atom is 0.345 e. The van der Waals surface area contributed by atoms with E-state index < -0.39 is 90.8 Å². The zero-order valence-electron chi connectivity index (χ0n) is 16.5. The molecule has 32 heavy (non-hydrogen) atoms. The molecule has 0 rings (SSSR count). The second-order valence-corrected chi connectivity index (χ2v) is 15.6. The number of hydrogen-bond acceptors (Lipinski definition) is 8. The highest BCUT2D eigenvalue weighted by Gasteiger charge is 2.65. The zero-order valence-corrected chi connectivity index (χ0v) is 20.1. The van der Waals surface area contributed by atoms with Crippen molar-refractivity contribution in [2.75, 3.05) is 13.3 Å². The third-order valence-electron chi connectivity index (χ3n) is 4.97. The molecule has 0 saturated carbocycles. The predicted molar refractivity (Wildman–Crippen MR) is 105 cm³/mol. The minimum absolute atomic E-state index is 1.03. The lowest BCUT2D eigenvalue weighted by molar-refractivity contribution is -0.142. The van der Waals surface area contributed by atoms with Crippen molar-refractivity contribution in [1.82, 2.24) is 0 Å². The van der Waals surface area contributed by atoms with Gasteiger partial charge in [0.15, 0.2) is 9.79 Å². The second kappa shape index (κ2) is 10.7. The van der Waals surface area contributed by atoms with Crippen molar-refractivity contribution in [3.05, 3.63) is 0 Å². The lowest BCUT2D eigenvalue weighted by Gasteiger charge is -2.40. The number of aliphatic carboxylic acids is 1. The van der Waals surface area contributed by atoms with Gasteiger partial charge in [0.05, 0.1) is 12.0 Å². The van der Waals surface area contributed by atoms with Crippen molar-refractivity contribution in [1.29, 1.82) is 0 Å². The fourth-order valence-corrected chi connectivity index (χ4v) is 9.15. The Labute approximate surface area is 181 Å². The SMILES string of the molecule is CC(CC(CC(CC(CN)(P(=O)(O)O)P(=O)(O)O)C(=O)O)(P(=O)(O)O)P(=O)(O)O)OCO. The van der Waals surface area contributed by atoms with Gasteiger partial charge in [0, 0.05) is 13.0 Å². The van der Waals surface area contributed by atoms with Crippen LogP contribution in [0.3, 0.4) is 0 Å². The van der Waals surface area contributed by atoms with E-state index in [0.717, 1.165) is 6.92 Å². The first kappa shape index (κ1) is 31.9. The molecule has 0 fully saturated rings. The topological polar surface area (TPSA) is 323 Å². The van der Waals surface area contributed by atoms with E-state index in [1.165, 1.54) is 0 Å².